The lowest BCUT2D eigenvalue weighted by molar-refractivity contribution is 0.630. The van der Waals surface area contributed by atoms with Crippen LogP contribution in [0.3, 0.4) is 0 Å². The molecule has 2 rings (SSSR count). The van der Waals surface area contributed by atoms with E-state index in [1.165, 1.54) is 10.7 Å². The fourth-order valence-corrected chi connectivity index (χ4v) is 1.53. The van der Waals surface area contributed by atoms with Crippen molar-refractivity contribution in [1.82, 2.24) is 14.8 Å². The minimum Gasteiger partial charge on any atom is -0.268 e. The van der Waals surface area contributed by atoms with E-state index in [4.69, 9.17) is 0 Å². The van der Waals surface area contributed by atoms with E-state index in [0.29, 0.717) is 11.1 Å². The summed E-state index contributed by atoms with van der Waals surface area (Å²) in [6, 6.07) is 6.84. The lowest BCUT2D eigenvalue weighted by Gasteiger charge is -2.03. The molecule has 0 aliphatic heterocycles. The molecule has 0 aliphatic carbocycles. The lowest BCUT2D eigenvalue weighted by Crippen LogP contribution is -2.22. The molecule has 0 amide bonds. The van der Waals surface area contributed by atoms with Gasteiger partial charge in [-0.25, -0.2) is 4.68 Å². The predicted molar refractivity (Wildman–Crippen MR) is 59.5 cm³/mol. The van der Waals surface area contributed by atoms with Gasteiger partial charge in [0.25, 0.3) is 5.56 Å². The molecule has 0 saturated heterocycles. The largest absolute Gasteiger partial charge is 0.268 e. The summed E-state index contributed by atoms with van der Waals surface area (Å²) in [6.45, 7) is 0.437. The summed E-state index contributed by atoms with van der Waals surface area (Å²) in [5, 5.41) is 4.06. The SMILES string of the molecule is O=c1ccc(Br)nn1Cc1cccnc1. The number of aromatic nitrogens is 3. The van der Waals surface area contributed by atoms with Crippen LogP contribution in [0.2, 0.25) is 0 Å². The molecule has 2 heterocycles. The zero-order chi connectivity index (χ0) is 10.7. The molecule has 0 aromatic carbocycles. The van der Waals surface area contributed by atoms with Crippen LogP contribution in [0, 0.1) is 0 Å². The lowest BCUT2D eigenvalue weighted by atomic mass is 10.3. The Bertz CT molecular complexity index is 510. The maximum absolute atomic E-state index is 11.4. The van der Waals surface area contributed by atoms with Crippen LogP contribution in [0.5, 0.6) is 0 Å². The Labute approximate surface area is 94.7 Å². The summed E-state index contributed by atoms with van der Waals surface area (Å²) >= 11 is 3.22. The molecule has 0 N–H and O–H groups in total. The maximum atomic E-state index is 11.4. The van der Waals surface area contributed by atoms with Gasteiger partial charge in [-0.2, -0.15) is 5.10 Å². The van der Waals surface area contributed by atoms with Gasteiger partial charge in [-0.1, -0.05) is 6.07 Å². The van der Waals surface area contributed by atoms with Gasteiger partial charge >= 0.3 is 0 Å². The highest BCUT2D eigenvalue weighted by atomic mass is 79.9. The van der Waals surface area contributed by atoms with Crippen molar-refractivity contribution in [2.75, 3.05) is 0 Å². The summed E-state index contributed by atoms with van der Waals surface area (Å²) in [5.41, 5.74) is 0.826. The van der Waals surface area contributed by atoms with Crippen molar-refractivity contribution in [3.63, 3.8) is 0 Å². The highest BCUT2D eigenvalue weighted by molar-refractivity contribution is 9.10. The highest BCUT2D eigenvalue weighted by Gasteiger charge is 1.99. The molecule has 0 atom stereocenters. The average Bonchev–Trinajstić information content (AvgIpc) is 2.25. The van der Waals surface area contributed by atoms with Crippen LogP contribution in [0.25, 0.3) is 0 Å². The molecule has 0 bridgehead atoms. The zero-order valence-corrected chi connectivity index (χ0v) is 9.39. The first kappa shape index (κ1) is 10.0. The van der Waals surface area contributed by atoms with Crippen LogP contribution in [0.4, 0.5) is 0 Å². The van der Waals surface area contributed by atoms with Crippen LogP contribution in [-0.4, -0.2) is 14.8 Å². The molecule has 0 radical (unpaired) electrons. The van der Waals surface area contributed by atoms with Crippen molar-refractivity contribution in [2.45, 2.75) is 6.54 Å². The monoisotopic (exact) mass is 265 g/mol. The molecule has 4 nitrogen and oxygen atoms in total. The molecular formula is C10H8BrN3O. The second kappa shape index (κ2) is 4.35. The molecule has 0 spiro atoms. The summed E-state index contributed by atoms with van der Waals surface area (Å²) in [6.07, 6.45) is 3.41. The molecule has 0 saturated carbocycles. The average molecular weight is 266 g/mol. The molecule has 0 aliphatic rings. The fraction of sp³-hybridized carbons (Fsp3) is 0.100. The van der Waals surface area contributed by atoms with Gasteiger partial charge in [-0.3, -0.25) is 9.78 Å². The van der Waals surface area contributed by atoms with E-state index in [1.54, 1.807) is 18.5 Å². The standard InChI is InChI=1S/C10H8BrN3O/c11-9-3-4-10(15)14(13-9)7-8-2-1-5-12-6-8/h1-6H,7H2. The van der Waals surface area contributed by atoms with Gasteiger partial charge in [-0.15, -0.1) is 0 Å². The highest BCUT2D eigenvalue weighted by Crippen LogP contribution is 2.02. The normalized spacial score (nSPS) is 10.2. The van der Waals surface area contributed by atoms with Crippen molar-refractivity contribution in [3.05, 3.63) is 57.2 Å². The minimum atomic E-state index is -0.123. The van der Waals surface area contributed by atoms with Gasteiger partial charge in [0.1, 0.15) is 4.60 Å². The van der Waals surface area contributed by atoms with E-state index in [-0.39, 0.29) is 5.56 Å². The van der Waals surface area contributed by atoms with Gasteiger partial charge in [0.15, 0.2) is 0 Å². The zero-order valence-electron chi connectivity index (χ0n) is 7.80. The Kier molecular flexibility index (Phi) is 2.91. The molecule has 76 valence electrons. The summed E-state index contributed by atoms with van der Waals surface area (Å²) in [7, 11) is 0. The molecule has 2 aromatic rings. The molecule has 15 heavy (non-hydrogen) atoms. The summed E-state index contributed by atoms with van der Waals surface area (Å²) < 4.78 is 2.03. The van der Waals surface area contributed by atoms with Gasteiger partial charge in [-0.05, 0) is 33.6 Å². The predicted octanol–water partition coefficient (Wildman–Crippen LogP) is 1.45. The van der Waals surface area contributed by atoms with Gasteiger partial charge in [0, 0.05) is 18.5 Å². The third-order valence-corrected chi connectivity index (χ3v) is 2.31. The summed E-state index contributed by atoms with van der Waals surface area (Å²) in [5.74, 6) is 0. The number of nitrogens with zero attached hydrogens (tertiary/aromatic N) is 3. The van der Waals surface area contributed by atoms with Crippen molar-refractivity contribution in [1.29, 1.82) is 0 Å². The first-order valence-corrected chi connectivity index (χ1v) is 5.17. The maximum Gasteiger partial charge on any atom is 0.267 e. The number of hydrogen-bond acceptors (Lipinski definition) is 3. The van der Waals surface area contributed by atoms with Crippen LogP contribution in [0.15, 0.2) is 46.1 Å². The first-order chi connectivity index (χ1) is 7.25. The smallest absolute Gasteiger partial charge is 0.267 e. The van der Waals surface area contributed by atoms with Crippen LogP contribution >= 0.6 is 15.9 Å². The molecule has 2 aromatic heterocycles. The van der Waals surface area contributed by atoms with E-state index >= 15 is 0 Å². The molecule has 0 fully saturated rings. The van der Waals surface area contributed by atoms with E-state index in [0.717, 1.165) is 5.56 Å². The van der Waals surface area contributed by atoms with Gasteiger partial charge in [0.2, 0.25) is 0 Å². The quantitative estimate of drug-likeness (QED) is 0.826. The Balaban J connectivity index is 2.32. The van der Waals surface area contributed by atoms with Crippen molar-refractivity contribution in [2.24, 2.45) is 0 Å². The molecular weight excluding hydrogens is 258 g/mol. The second-order valence-corrected chi connectivity index (χ2v) is 3.83. The minimum absolute atomic E-state index is 0.123. The van der Waals surface area contributed by atoms with Crippen molar-refractivity contribution in [3.8, 4) is 0 Å². The number of rotatable bonds is 2. The van der Waals surface area contributed by atoms with Crippen LogP contribution < -0.4 is 5.56 Å². The first-order valence-electron chi connectivity index (χ1n) is 4.38. The topological polar surface area (TPSA) is 47.8 Å². The van der Waals surface area contributed by atoms with Crippen LogP contribution in [0.1, 0.15) is 5.56 Å². The number of hydrogen-bond donors (Lipinski definition) is 0. The van der Waals surface area contributed by atoms with Gasteiger partial charge in [0.05, 0.1) is 6.54 Å². The Morgan fingerprint density at radius 2 is 2.20 bits per heavy atom. The Morgan fingerprint density at radius 1 is 1.33 bits per heavy atom. The van der Waals surface area contributed by atoms with E-state index < -0.39 is 0 Å². The van der Waals surface area contributed by atoms with Crippen molar-refractivity contribution >= 4 is 15.9 Å². The number of pyridine rings is 1. The third kappa shape index (κ3) is 2.50. The van der Waals surface area contributed by atoms with Crippen molar-refractivity contribution < 1.29 is 0 Å². The van der Waals surface area contributed by atoms with E-state index in [2.05, 4.69) is 26.0 Å². The summed E-state index contributed by atoms with van der Waals surface area (Å²) in [4.78, 5) is 15.4. The van der Waals surface area contributed by atoms with Crippen LogP contribution in [-0.2, 0) is 6.54 Å². The van der Waals surface area contributed by atoms with E-state index in [9.17, 15) is 4.79 Å². The van der Waals surface area contributed by atoms with E-state index in [1.807, 2.05) is 12.1 Å². The number of halogens is 1. The Hall–Kier alpha value is -1.49. The van der Waals surface area contributed by atoms with Gasteiger partial charge < -0.3 is 0 Å². The second-order valence-electron chi connectivity index (χ2n) is 3.01. The molecule has 0 unspecified atom stereocenters. The third-order valence-electron chi connectivity index (χ3n) is 1.89. The Morgan fingerprint density at radius 3 is 2.93 bits per heavy atom. The fourth-order valence-electron chi connectivity index (χ4n) is 1.20. The molecule has 5 heteroatoms.